The summed E-state index contributed by atoms with van der Waals surface area (Å²) in [5, 5.41) is 2.75. The third-order valence-corrected chi connectivity index (χ3v) is 8.61. The van der Waals surface area contributed by atoms with Gasteiger partial charge in [-0.3, -0.25) is 15.0 Å². The Morgan fingerprint density at radius 3 is 2.12 bits per heavy atom. The third kappa shape index (κ3) is 7.24. The van der Waals surface area contributed by atoms with Crippen LogP contribution in [0.3, 0.4) is 0 Å². The van der Waals surface area contributed by atoms with Crippen LogP contribution in [0, 0.1) is 0 Å². The lowest BCUT2D eigenvalue weighted by atomic mass is 9.72. The second kappa shape index (κ2) is 13.6. The van der Waals surface area contributed by atoms with E-state index < -0.39 is 5.41 Å². The standard InChI is InChI=1S/C32H38Cl2N4O2/c1-36(2)35-31(40)32(27-12-8-5-9-13-27)17-20-38(21-18-32)19-16-26(25-14-15-28(33)29(34)22-25)23-37(3)30(39)24-10-6-4-7-11-24/h4-15,22,26H,16-21,23H2,1-3H3,(H,35,40). The van der Waals surface area contributed by atoms with Gasteiger partial charge in [0.15, 0.2) is 0 Å². The van der Waals surface area contributed by atoms with Gasteiger partial charge in [0.1, 0.15) is 0 Å². The highest BCUT2D eigenvalue weighted by Crippen LogP contribution is 2.37. The number of benzene rings is 3. The lowest BCUT2D eigenvalue weighted by Gasteiger charge is -2.42. The van der Waals surface area contributed by atoms with Crippen LogP contribution in [0.15, 0.2) is 78.9 Å². The van der Waals surface area contributed by atoms with Crippen molar-refractivity contribution < 1.29 is 9.59 Å². The Labute approximate surface area is 247 Å². The zero-order valence-corrected chi connectivity index (χ0v) is 25.0. The Morgan fingerprint density at radius 2 is 1.52 bits per heavy atom. The predicted octanol–water partition coefficient (Wildman–Crippen LogP) is 5.87. The monoisotopic (exact) mass is 580 g/mol. The van der Waals surface area contributed by atoms with Crippen LogP contribution in [-0.2, 0) is 10.2 Å². The number of amides is 2. The van der Waals surface area contributed by atoms with Gasteiger partial charge in [0.25, 0.3) is 5.91 Å². The Bertz CT molecular complexity index is 1280. The van der Waals surface area contributed by atoms with E-state index in [0.717, 1.165) is 50.0 Å². The zero-order chi connectivity index (χ0) is 28.7. The first kappa shape index (κ1) is 30.1. The number of carbonyl (C=O) groups is 2. The van der Waals surface area contributed by atoms with Crippen molar-refractivity contribution in [3.05, 3.63) is 106 Å². The normalized spacial score (nSPS) is 15.9. The van der Waals surface area contributed by atoms with Crippen LogP contribution in [0.5, 0.6) is 0 Å². The highest BCUT2D eigenvalue weighted by atomic mass is 35.5. The molecule has 1 heterocycles. The SMILES string of the molecule is CN(C)NC(=O)C1(c2ccccc2)CCN(CCC(CN(C)C(=O)c2ccccc2)c2ccc(Cl)c(Cl)c2)CC1. The number of carbonyl (C=O) groups excluding carboxylic acids is 2. The highest BCUT2D eigenvalue weighted by Gasteiger charge is 2.43. The van der Waals surface area contributed by atoms with E-state index in [9.17, 15) is 9.59 Å². The Hall–Kier alpha value is -2.90. The van der Waals surface area contributed by atoms with Crippen molar-refractivity contribution in [2.24, 2.45) is 0 Å². The van der Waals surface area contributed by atoms with Crippen molar-refractivity contribution >= 4 is 35.0 Å². The summed E-state index contributed by atoms with van der Waals surface area (Å²) >= 11 is 12.6. The Morgan fingerprint density at radius 1 is 0.900 bits per heavy atom. The summed E-state index contributed by atoms with van der Waals surface area (Å²) in [6.07, 6.45) is 2.31. The van der Waals surface area contributed by atoms with Crippen molar-refractivity contribution in [3.8, 4) is 0 Å². The van der Waals surface area contributed by atoms with E-state index in [4.69, 9.17) is 23.2 Å². The Kier molecular flexibility index (Phi) is 10.3. The molecule has 40 heavy (non-hydrogen) atoms. The fourth-order valence-corrected chi connectivity index (χ4v) is 5.86. The number of likely N-dealkylation sites (tertiary alicyclic amines) is 1. The summed E-state index contributed by atoms with van der Waals surface area (Å²) in [6.45, 7) is 3.02. The summed E-state index contributed by atoms with van der Waals surface area (Å²) in [6, 6.07) is 25.2. The minimum absolute atomic E-state index is 0.0109. The van der Waals surface area contributed by atoms with Crippen LogP contribution < -0.4 is 5.43 Å². The van der Waals surface area contributed by atoms with Crippen molar-refractivity contribution in [3.63, 3.8) is 0 Å². The maximum absolute atomic E-state index is 13.4. The molecule has 6 nitrogen and oxygen atoms in total. The molecule has 0 spiro atoms. The molecular formula is C32H38Cl2N4O2. The molecule has 0 aliphatic carbocycles. The predicted molar refractivity (Wildman–Crippen MR) is 163 cm³/mol. The smallest absolute Gasteiger partial charge is 0.253 e. The van der Waals surface area contributed by atoms with Gasteiger partial charge in [0, 0.05) is 39.2 Å². The van der Waals surface area contributed by atoms with E-state index in [1.54, 1.807) is 9.91 Å². The van der Waals surface area contributed by atoms with Gasteiger partial charge in [-0.15, -0.1) is 0 Å². The number of hydrogen-bond acceptors (Lipinski definition) is 4. The van der Waals surface area contributed by atoms with Gasteiger partial charge >= 0.3 is 0 Å². The summed E-state index contributed by atoms with van der Waals surface area (Å²) in [4.78, 5) is 30.7. The van der Waals surface area contributed by atoms with Crippen LogP contribution in [0.4, 0.5) is 0 Å². The van der Waals surface area contributed by atoms with Crippen LogP contribution in [0.1, 0.15) is 46.7 Å². The van der Waals surface area contributed by atoms with Crippen LogP contribution in [0.25, 0.3) is 0 Å². The fourth-order valence-electron chi connectivity index (χ4n) is 5.56. The molecule has 0 bridgehead atoms. The number of rotatable bonds is 10. The van der Waals surface area contributed by atoms with Crippen LogP contribution in [0.2, 0.25) is 10.0 Å². The molecule has 3 aromatic rings. The molecule has 1 aliphatic heterocycles. The Balaban J connectivity index is 1.47. The maximum atomic E-state index is 13.4. The highest BCUT2D eigenvalue weighted by molar-refractivity contribution is 6.42. The number of nitrogens with zero attached hydrogens (tertiary/aromatic N) is 3. The van der Waals surface area contributed by atoms with Crippen molar-refractivity contribution in [2.45, 2.75) is 30.6 Å². The molecule has 212 valence electrons. The minimum Gasteiger partial charge on any atom is -0.341 e. The van der Waals surface area contributed by atoms with Crippen molar-refractivity contribution in [1.29, 1.82) is 0 Å². The quantitative estimate of drug-likeness (QED) is 0.305. The molecule has 1 fully saturated rings. The number of piperidine rings is 1. The van der Waals surface area contributed by atoms with E-state index in [1.807, 2.05) is 87.9 Å². The second-order valence-corrected chi connectivity index (χ2v) is 11.7. The molecule has 1 unspecified atom stereocenters. The first-order valence-electron chi connectivity index (χ1n) is 13.7. The topological polar surface area (TPSA) is 55.9 Å². The molecular weight excluding hydrogens is 543 g/mol. The molecule has 3 aromatic carbocycles. The van der Waals surface area contributed by atoms with Gasteiger partial charge in [-0.05, 0) is 74.3 Å². The number of hydrogen-bond donors (Lipinski definition) is 1. The summed E-state index contributed by atoms with van der Waals surface area (Å²) < 4.78 is 0. The fraction of sp³-hybridized carbons (Fsp3) is 0.375. The molecule has 2 amide bonds. The summed E-state index contributed by atoms with van der Waals surface area (Å²) in [5.41, 5.74) is 5.23. The average Bonchev–Trinajstić information content (AvgIpc) is 2.97. The van der Waals surface area contributed by atoms with Gasteiger partial charge < -0.3 is 9.80 Å². The van der Waals surface area contributed by atoms with Crippen LogP contribution in [-0.4, -0.2) is 73.9 Å². The first-order chi connectivity index (χ1) is 19.2. The molecule has 1 N–H and O–H groups in total. The molecule has 0 saturated carbocycles. The zero-order valence-electron chi connectivity index (χ0n) is 23.4. The molecule has 1 aliphatic rings. The van der Waals surface area contributed by atoms with Crippen molar-refractivity contribution in [2.75, 3.05) is 47.3 Å². The van der Waals surface area contributed by atoms with Gasteiger partial charge in [0.2, 0.25) is 5.91 Å². The minimum atomic E-state index is -0.562. The number of nitrogens with one attached hydrogen (secondary N) is 1. The molecule has 4 rings (SSSR count). The molecule has 1 saturated heterocycles. The van der Waals surface area contributed by atoms with Gasteiger partial charge in [-0.2, -0.15) is 0 Å². The second-order valence-electron chi connectivity index (χ2n) is 10.8. The number of halogens is 2. The average molecular weight is 582 g/mol. The molecule has 8 heteroatoms. The largest absolute Gasteiger partial charge is 0.341 e. The van der Waals surface area contributed by atoms with E-state index in [0.29, 0.717) is 22.2 Å². The van der Waals surface area contributed by atoms with E-state index in [-0.39, 0.29) is 17.7 Å². The van der Waals surface area contributed by atoms with Gasteiger partial charge in [-0.25, -0.2) is 5.01 Å². The third-order valence-electron chi connectivity index (χ3n) is 7.87. The van der Waals surface area contributed by atoms with E-state index >= 15 is 0 Å². The lowest BCUT2D eigenvalue weighted by molar-refractivity contribution is -0.132. The molecule has 0 radical (unpaired) electrons. The van der Waals surface area contributed by atoms with E-state index in [2.05, 4.69) is 22.5 Å². The first-order valence-corrected chi connectivity index (χ1v) is 14.5. The van der Waals surface area contributed by atoms with Gasteiger partial charge in [0.05, 0.1) is 15.5 Å². The van der Waals surface area contributed by atoms with Gasteiger partial charge in [-0.1, -0.05) is 77.8 Å². The lowest BCUT2D eigenvalue weighted by Crippen LogP contribution is -2.54. The maximum Gasteiger partial charge on any atom is 0.253 e. The molecule has 0 aromatic heterocycles. The van der Waals surface area contributed by atoms with E-state index in [1.165, 1.54) is 0 Å². The number of hydrazine groups is 1. The molecule has 1 atom stereocenters. The summed E-state index contributed by atoms with van der Waals surface area (Å²) in [7, 11) is 5.53. The van der Waals surface area contributed by atoms with Crippen molar-refractivity contribution in [1.82, 2.24) is 20.2 Å². The number of likely N-dealkylation sites (N-methyl/N-ethyl adjacent to an activating group) is 1. The summed E-state index contributed by atoms with van der Waals surface area (Å²) in [5.74, 6) is 0.103. The van der Waals surface area contributed by atoms with Crippen LogP contribution >= 0.6 is 23.2 Å².